The summed E-state index contributed by atoms with van der Waals surface area (Å²) in [4.78, 5) is 57.4. The van der Waals surface area contributed by atoms with Crippen LogP contribution in [0.1, 0.15) is 19.4 Å². The molecule has 13 nitrogen and oxygen atoms in total. The second-order valence-electron chi connectivity index (χ2n) is 7.17. The predicted molar refractivity (Wildman–Crippen MR) is 122 cm³/mol. The number of amides is 3. The molecule has 0 aromatic heterocycles. The van der Waals surface area contributed by atoms with Crippen molar-refractivity contribution in [2.45, 2.75) is 32.5 Å². The number of nitro benzene ring substituents is 1. The zero-order chi connectivity index (χ0) is 26.0. The van der Waals surface area contributed by atoms with Gasteiger partial charge >= 0.3 is 12.2 Å². The summed E-state index contributed by atoms with van der Waals surface area (Å²) in [5.74, 6) is -0.958. The summed E-state index contributed by atoms with van der Waals surface area (Å²) in [7, 11) is 1.17. The average molecular weight is 488 g/mol. The molecular formula is C22H24N4O9. The van der Waals surface area contributed by atoms with Crippen LogP contribution < -0.4 is 20.7 Å². The zero-order valence-corrected chi connectivity index (χ0v) is 19.1. The summed E-state index contributed by atoms with van der Waals surface area (Å²) in [6, 6.07) is 9.53. The molecule has 2 atom stereocenters. The molecule has 2 rings (SSSR count). The molecule has 0 heterocycles. The van der Waals surface area contributed by atoms with Gasteiger partial charge in [0, 0.05) is 17.8 Å². The molecule has 186 valence electrons. The summed E-state index contributed by atoms with van der Waals surface area (Å²) in [5, 5.41) is 18.0. The fourth-order valence-corrected chi connectivity index (χ4v) is 2.54. The number of methoxy groups -OCH3 is 1. The van der Waals surface area contributed by atoms with Gasteiger partial charge in [0.2, 0.25) is 11.8 Å². The van der Waals surface area contributed by atoms with Gasteiger partial charge in [-0.1, -0.05) is 12.1 Å². The molecule has 0 unspecified atom stereocenters. The van der Waals surface area contributed by atoms with E-state index in [-0.39, 0.29) is 18.0 Å². The number of rotatable bonds is 9. The largest absolute Gasteiger partial charge is 0.514 e. The molecule has 3 amide bonds. The van der Waals surface area contributed by atoms with Gasteiger partial charge in [-0.25, -0.2) is 9.59 Å². The predicted octanol–water partition coefficient (Wildman–Crippen LogP) is 2.50. The van der Waals surface area contributed by atoms with Crippen LogP contribution in [0.25, 0.3) is 0 Å². The van der Waals surface area contributed by atoms with E-state index in [2.05, 4.69) is 20.7 Å². The minimum absolute atomic E-state index is 0.0929. The summed E-state index contributed by atoms with van der Waals surface area (Å²) < 4.78 is 14.4. The van der Waals surface area contributed by atoms with Crippen molar-refractivity contribution in [1.29, 1.82) is 0 Å². The average Bonchev–Trinajstić information content (AvgIpc) is 2.83. The molecule has 0 spiro atoms. The fourth-order valence-electron chi connectivity index (χ4n) is 2.54. The molecule has 0 aliphatic carbocycles. The van der Waals surface area contributed by atoms with E-state index in [4.69, 9.17) is 9.47 Å². The minimum atomic E-state index is -0.989. The number of non-ortho nitro benzene ring substituents is 1. The molecule has 2 aromatic carbocycles. The number of anilines is 1. The van der Waals surface area contributed by atoms with Gasteiger partial charge in [0.25, 0.3) is 5.69 Å². The van der Waals surface area contributed by atoms with E-state index in [0.717, 1.165) is 0 Å². The highest BCUT2D eigenvalue weighted by Gasteiger charge is 2.21. The first-order chi connectivity index (χ1) is 16.6. The van der Waals surface area contributed by atoms with E-state index in [1.54, 1.807) is 24.3 Å². The van der Waals surface area contributed by atoms with E-state index in [9.17, 15) is 29.3 Å². The molecule has 35 heavy (non-hydrogen) atoms. The smallest absolute Gasteiger partial charge is 0.453 e. The maximum absolute atomic E-state index is 12.3. The molecule has 0 saturated heterocycles. The molecule has 2 aromatic rings. The van der Waals surface area contributed by atoms with Crippen molar-refractivity contribution < 1.29 is 38.3 Å². The van der Waals surface area contributed by atoms with E-state index in [0.29, 0.717) is 11.3 Å². The molecule has 0 aliphatic rings. The molecule has 0 bridgehead atoms. The highest BCUT2D eigenvalue weighted by atomic mass is 16.7. The van der Waals surface area contributed by atoms with Crippen LogP contribution in [-0.4, -0.2) is 48.2 Å². The van der Waals surface area contributed by atoms with E-state index in [1.165, 1.54) is 45.2 Å². The van der Waals surface area contributed by atoms with Crippen molar-refractivity contribution in [3.8, 4) is 5.75 Å². The van der Waals surface area contributed by atoms with Crippen LogP contribution in [0.5, 0.6) is 5.75 Å². The number of carbonyl (C=O) groups is 4. The van der Waals surface area contributed by atoms with Crippen molar-refractivity contribution in [2.75, 3.05) is 12.4 Å². The Morgan fingerprint density at radius 2 is 1.51 bits per heavy atom. The number of nitro groups is 1. The van der Waals surface area contributed by atoms with E-state index in [1.807, 2.05) is 0 Å². The number of benzene rings is 2. The van der Waals surface area contributed by atoms with Crippen LogP contribution in [0.4, 0.5) is 21.0 Å². The Labute approximate surface area is 199 Å². The molecular weight excluding hydrogens is 464 g/mol. The number of hydrogen-bond acceptors (Lipinski definition) is 9. The van der Waals surface area contributed by atoms with Gasteiger partial charge in [0.05, 0.1) is 12.0 Å². The van der Waals surface area contributed by atoms with Crippen LogP contribution in [0.2, 0.25) is 0 Å². The Hall–Kier alpha value is -4.68. The van der Waals surface area contributed by atoms with Gasteiger partial charge in [-0.2, -0.15) is 0 Å². The third kappa shape index (κ3) is 8.64. The van der Waals surface area contributed by atoms with Crippen LogP contribution in [0.15, 0.2) is 48.5 Å². The first-order valence-electron chi connectivity index (χ1n) is 10.2. The molecule has 13 heteroatoms. The lowest BCUT2D eigenvalue weighted by Gasteiger charge is -2.18. The summed E-state index contributed by atoms with van der Waals surface area (Å²) >= 11 is 0. The van der Waals surface area contributed by atoms with Gasteiger partial charge < -0.3 is 30.2 Å². The monoisotopic (exact) mass is 488 g/mol. The Morgan fingerprint density at radius 3 is 2.09 bits per heavy atom. The van der Waals surface area contributed by atoms with Crippen LogP contribution in [-0.2, 0) is 25.7 Å². The van der Waals surface area contributed by atoms with Gasteiger partial charge in [-0.3, -0.25) is 19.7 Å². The second kappa shape index (κ2) is 12.5. The lowest BCUT2D eigenvalue weighted by atomic mass is 10.2. The van der Waals surface area contributed by atoms with Crippen molar-refractivity contribution >= 4 is 35.4 Å². The number of carbonyl (C=O) groups excluding carboxylic acids is 4. The van der Waals surface area contributed by atoms with Crippen molar-refractivity contribution in [2.24, 2.45) is 0 Å². The Morgan fingerprint density at radius 1 is 0.914 bits per heavy atom. The topological polar surface area (TPSA) is 175 Å². The second-order valence-corrected chi connectivity index (χ2v) is 7.17. The SMILES string of the molecule is COC(=O)N[C@@H](C)C(=O)N[C@@H](C)C(=O)Nc1ccc(COC(=O)Oc2ccc([N+](=O)[O-])cc2)cc1. The summed E-state index contributed by atoms with van der Waals surface area (Å²) in [6.07, 6.45) is -1.76. The first-order valence-corrected chi connectivity index (χ1v) is 10.2. The molecule has 3 N–H and O–H groups in total. The van der Waals surface area contributed by atoms with Gasteiger partial charge in [-0.15, -0.1) is 0 Å². The van der Waals surface area contributed by atoms with Crippen molar-refractivity contribution in [3.05, 3.63) is 64.2 Å². The Balaban J connectivity index is 1.79. The number of nitrogens with one attached hydrogen (secondary N) is 3. The number of ether oxygens (including phenoxy) is 3. The first kappa shape index (κ1) is 26.6. The highest BCUT2D eigenvalue weighted by Crippen LogP contribution is 2.18. The maximum atomic E-state index is 12.3. The molecule has 0 saturated carbocycles. The van der Waals surface area contributed by atoms with Crippen LogP contribution >= 0.6 is 0 Å². The number of hydrogen-bond donors (Lipinski definition) is 3. The molecule has 0 fully saturated rings. The Bertz CT molecular complexity index is 1070. The van der Waals surface area contributed by atoms with Crippen molar-refractivity contribution in [1.82, 2.24) is 10.6 Å². The number of nitrogens with zero attached hydrogens (tertiary/aromatic N) is 1. The number of alkyl carbamates (subject to hydrolysis) is 1. The maximum Gasteiger partial charge on any atom is 0.514 e. The zero-order valence-electron chi connectivity index (χ0n) is 19.1. The lowest BCUT2D eigenvalue weighted by Crippen LogP contribution is -2.50. The normalized spacial score (nSPS) is 11.9. The van der Waals surface area contributed by atoms with E-state index < -0.39 is 41.1 Å². The van der Waals surface area contributed by atoms with Gasteiger partial charge in [-0.05, 0) is 43.7 Å². The third-order valence-electron chi connectivity index (χ3n) is 4.49. The summed E-state index contributed by atoms with van der Waals surface area (Å²) in [6.45, 7) is 2.81. The summed E-state index contributed by atoms with van der Waals surface area (Å²) in [5.41, 5.74) is 0.904. The Kier molecular flexibility index (Phi) is 9.51. The van der Waals surface area contributed by atoms with Crippen LogP contribution in [0, 0.1) is 10.1 Å². The quantitative estimate of drug-likeness (QED) is 0.207. The standard InChI is InChI=1S/C22H24N4O9/c1-13(23-19(27)14(2)24-21(29)33-3)20(28)25-16-6-4-15(5-7-16)12-34-22(30)35-18-10-8-17(9-11-18)26(31)32/h4-11,13-14H,12H2,1-3H3,(H,23,27)(H,24,29)(H,25,28)/t13-,14-/m0/s1. The highest BCUT2D eigenvalue weighted by molar-refractivity contribution is 5.97. The van der Waals surface area contributed by atoms with Crippen LogP contribution in [0.3, 0.4) is 0 Å². The third-order valence-corrected chi connectivity index (χ3v) is 4.49. The minimum Gasteiger partial charge on any atom is -0.453 e. The van der Waals surface area contributed by atoms with Gasteiger partial charge in [0.1, 0.15) is 24.4 Å². The molecule has 0 radical (unpaired) electrons. The van der Waals surface area contributed by atoms with Crippen molar-refractivity contribution in [3.63, 3.8) is 0 Å². The molecule has 0 aliphatic heterocycles. The van der Waals surface area contributed by atoms with Gasteiger partial charge in [0.15, 0.2) is 0 Å². The van der Waals surface area contributed by atoms with E-state index >= 15 is 0 Å². The lowest BCUT2D eigenvalue weighted by molar-refractivity contribution is -0.384. The fraction of sp³-hybridized carbons (Fsp3) is 0.273.